The first kappa shape index (κ1) is 19.1. The zero-order valence-electron chi connectivity index (χ0n) is 16.2. The normalized spacial score (nSPS) is 10.7. The van der Waals surface area contributed by atoms with Crippen LogP contribution in [0.2, 0.25) is 0 Å². The van der Waals surface area contributed by atoms with Gasteiger partial charge in [0.25, 0.3) is 5.69 Å². The fraction of sp³-hybridized carbons (Fsp3) is 0.150. The van der Waals surface area contributed by atoms with Gasteiger partial charge in [0, 0.05) is 29.3 Å². The predicted octanol–water partition coefficient (Wildman–Crippen LogP) is 3.57. The number of aromatic nitrogens is 4. The summed E-state index contributed by atoms with van der Waals surface area (Å²) < 4.78 is 17.6. The van der Waals surface area contributed by atoms with E-state index < -0.39 is 4.92 Å². The van der Waals surface area contributed by atoms with E-state index in [9.17, 15) is 10.1 Å². The molecular weight excluding hydrogens is 390 g/mol. The zero-order chi connectivity index (χ0) is 21.1. The Labute approximate surface area is 170 Å². The van der Waals surface area contributed by atoms with Crippen LogP contribution in [0.1, 0.15) is 5.76 Å². The van der Waals surface area contributed by atoms with E-state index in [-0.39, 0.29) is 5.69 Å². The molecule has 0 atom stereocenters. The van der Waals surface area contributed by atoms with Crippen LogP contribution in [-0.2, 0) is 6.54 Å². The van der Waals surface area contributed by atoms with Crippen molar-refractivity contribution in [2.45, 2.75) is 6.54 Å². The molecule has 0 amide bonds. The summed E-state index contributed by atoms with van der Waals surface area (Å²) in [6.45, 7) is 0.334. The van der Waals surface area contributed by atoms with Gasteiger partial charge in [0.1, 0.15) is 17.9 Å². The molecule has 0 saturated heterocycles. The molecule has 2 aromatic carbocycles. The number of hydrogen-bond acceptors (Lipinski definition) is 8. The summed E-state index contributed by atoms with van der Waals surface area (Å²) in [5, 5.41) is 23.1. The molecule has 152 valence electrons. The van der Waals surface area contributed by atoms with E-state index in [4.69, 9.17) is 14.0 Å². The average molecular weight is 407 g/mol. The standard InChI is InChI=1S/C20H17N5O5/c1-28-19-8-5-14(9-20(19)29-2)17-10-16(30-22-17)11-24-12-18(21-23-24)13-3-6-15(7-4-13)25(26)27/h3-10,12H,11H2,1-2H3. The Kier molecular flexibility index (Phi) is 5.12. The van der Waals surface area contributed by atoms with Gasteiger partial charge in [0.05, 0.1) is 25.3 Å². The van der Waals surface area contributed by atoms with Gasteiger partial charge in [-0.3, -0.25) is 10.1 Å². The molecule has 4 rings (SSSR count). The first-order valence-corrected chi connectivity index (χ1v) is 8.90. The van der Waals surface area contributed by atoms with Crippen LogP contribution in [0, 0.1) is 10.1 Å². The highest BCUT2D eigenvalue weighted by molar-refractivity contribution is 5.64. The molecule has 0 spiro atoms. The second-order valence-electron chi connectivity index (χ2n) is 6.35. The van der Waals surface area contributed by atoms with Gasteiger partial charge in [-0.1, -0.05) is 10.4 Å². The van der Waals surface area contributed by atoms with Crippen LogP contribution >= 0.6 is 0 Å². The zero-order valence-corrected chi connectivity index (χ0v) is 16.2. The predicted molar refractivity (Wildman–Crippen MR) is 106 cm³/mol. The van der Waals surface area contributed by atoms with Gasteiger partial charge in [-0.05, 0) is 30.3 Å². The summed E-state index contributed by atoms with van der Waals surface area (Å²) in [6, 6.07) is 13.4. The van der Waals surface area contributed by atoms with Gasteiger partial charge in [-0.15, -0.1) is 5.10 Å². The van der Waals surface area contributed by atoms with Crippen molar-refractivity contribution in [3.05, 3.63) is 70.6 Å². The van der Waals surface area contributed by atoms with Gasteiger partial charge >= 0.3 is 0 Å². The highest BCUT2D eigenvalue weighted by Gasteiger charge is 2.13. The molecule has 0 aliphatic carbocycles. The summed E-state index contributed by atoms with van der Waals surface area (Å²) in [4.78, 5) is 10.3. The first-order chi connectivity index (χ1) is 14.6. The molecule has 0 aliphatic heterocycles. The minimum Gasteiger partial charge on any atom is -0.493 e. The van der Waals surface area contributed by atoms with Crippen molar-refractivity contribution in [1.82, 2.24) is 20.2 Å². The molecule has 0 fully saturated rings. The molecule has 10 heteroatoms. The van der Waals surface area contributed by atoms with Crippen LogP contribution in [0.5, 0.6) is 11.5 Å². The van der Waals surface area contributed by atoms with E-state index in [1.165, 1.54) is 12.1 Å². The number of nitro groups is 1. The summed E-state index contributed by atoms with van der Waals surface area (Å²) >= 11 is 0. The second-order valence-corrected chi connectivity index (χ2v) is 6.35. The maximum Gasteiger partial charge on any atom is 0.269 e. The molecule has 0 aliphatic rings. The van der Waals surface area contributed by atoms with E-state index >= 15 is 0 Å². The van der Waals surface area contributed by atoms with Crippen molar-refractivity contribution in [1.29, 1.82) is 0 Å². The van der Waals surface area contributed by atoms with Crippen molar-refractivity contribution in [3.8, 4) is 34.0 Å². The smallest absolute Gasteiger partial charge is 0.269 e. The van der Waals surface area contributed by atoms with E-state index in [0.29, 0.717) is 35.2 Å². The third-order valence-electron chi connectivity index (χ3n) is 4.47. The maximum atomic E-state index is 10.8. The van der Waals surface area contributed by atoms with Crippen molar-refractivity contribution in [3.63, 3.8) is 0 Å². The van der Waals surface area contributed by atoms with Crippen LogP contribution in [-0.4, -0.2) is 39.3 Å². The van der Waals surface area contributed by atoms with Gasteiger partial charge in [0.2, 0.25) is 0 Å². The number of methoxy groups -OCH3 is 2. The Morgan fingerprint density at radius 2 is 1.73 bits per heavy atom. The van der Waals surface area contributed by atoms with Crippen LogP contribution in [0.25, 0.3) is 22.5 Å². The van der Waals surface area contributed by atoms with Crippen LogP contribution in [0.15, 0.2) is 59.3 Å². The number of rotatable bonds is 7. The molecule has 2 aromatic heterocycles. The lowest BCUT2D eigenvalue weighted by Crippen LogP contribution is -1.98. The molecule has 0 unspecified atom stereocenters. The van der Waals surface area contributed by atoms with E-state index in [1.807, 2.05) is 18.2 Å². The number of nitrogens with zero attached hydrogens (tertiary/aromatic N) is 5. The van der Waals surface area contributed by atoms with Crippen molar-refractivity contribution in [2.75, 3.05) is 14.2 Å². The minimum atomic E-state index is -0.444. The molecular formula is C20H17N5O5. The monoisotopic (exact) mass is 407 g/mol. The second kappa shape index (κ2) is 8.03. The summed E-state index contributed by atoms with van der Waals surface area (Å²) in [6.07, 6.45) is 1.74. The van der Waals surface area contributed by atoms with Gasteiger partial charge < -0.3 is 14.0 Å². The molecule has 0 bridgehead atoms. The topological polar surface area (TPSA) is 118 Å². The number of ether oxygens (including phenoxy) is 2. The Morgan fingerprint density at radius 3 is 2.43 bits per heavy atom. The molecule has 0 saturated carbocycles. The Hall–Kier alpha value is -4.21. The van der Waals surface area contributed by atoms with Crippen LogP contribution in [0.4, 0.5) is 5.69 Å². The number of non-ortho nitro benzene ring substituents is 1. The molecule has 0 radical (unpaired) electrons. The lowest BCUT2D eigenvalue weighted by atomic mass is 10.1. The van der Waals surface area contributed by atoms with Crippen molar-refractivity contribution >= 4 is 5.69 Å². The minimum absolute atomic E-state index is 0.0236. The van der Waals surface area contributed by atoms with Gasteiger partial charge in [-0.25, -0.2) is 4.68 Å². The third kappa shape index (κ3) is 3.83. The summed E-state index contributed by atoms with van der Waals surface area (Å²) in [5.41, 5.74) is 2.84. The van der Waals surface area contributed by atoms with Gasteiger partial charge in [-0.2, -0.15) is 0 Å². The van der Waals surface area contributed by atoms with Crippen molar-refractivity contribution in [2.24, 2.45) is 0 Å². The van der Waals surface area contributed by atoms with E-state index in [1.54, 1.807) is 43.3 Å². The molecule has 30 heavy (non-hydrogen) atoms. The van der Waals surface area contributed by atoms with Crippen LogP contribution in [0.3, 0.4) is 0 Å². The Bertz CT molecular complexity index is 1180. The first-order valence-electron chi connectivity index (χ1n) is 8.90. The highest BCUT2D eigenvalue weighted by atomic mass is 16.6. The number of benzene rings is 2. The fourth-order valence-corrected chi connectivity index (χ4v) is 2.94. The van der Waals surface area contributed by atoms with Crippen molar-refractivity contribution < 1.29 is 18.9 Å². The van der Waals surface area contributed by atoms with Gasteiger partial charge in [0.15, 0.2) is 17.3 Å². The maximum absolute atomic E-state index is 10.8. The highest BCUT2D eigenvalue weighted by Crippen LogP contribution is 2.32. The largest absolute Gasteiger partial charge is 0.493 e. The third-order valence-corrected chi connectivity index (χ3v) is 4.47. The average Bonchev–Trinajstić information content (AvgIpc) is 3.43. The fourth-order valence-electron chi connectivity index (χ4n) is 2.94. The molecule has 2 heterocycles. The SMILES string of the molecule is COc1ccc(-c2cc(Cn3cc(-c4ccc([N+](=O)[O-])cc4)nn3)on2)cc1OC. The quantitative estimate of drug-likeness (QED) is 0.337. The Balaban J connectivity index is 1.50. The number of hydrogen-bond donors (Lipinski definition) is 0. The summed E-state index contributed by atoms with van der Waals surface area (Å²) in [5.74, 6) is 1.83. The van der Waals surface area contributed by atoms with E-state index in [0.717, 1.165) is 11.1 Å². The lowest BCUT2D eigenvalue weighted by molar-refractivity contribution is -0.384. The Morgan fingerprint density at radius 1 is 1.00 bits per heavy atom. The number of nitro benzene ring substituents is 1. The molecule has 10 nitrogen and oxygen atoms in total. The van der Waals surface area contributed by atoms with E-state index in [2.05, 4.69) is 15.5 Å². The lowest BCUT2D eigenvalue weighted by Gasteiger charge is -2.07. The molecule has 0 N–H and O–H groups in total. The molecule has 4 aromatic rings. The summed E-state index contributed by atoms with van der Waals surface area (Å²) in [7, 11) is 3.15. The van der Waals surface area contributed by atoms with Crippen LogP contribution < -0.4 is 9.47 Å².